The van der Waals surface area contributed by atoms with E-state index < -0.39 is 4.92 Å². The second kappa shape index (κ2) is 8.00. The van der Waals surface area contributed by atoms with Gasteiger partial charge in [-0.1, -0.05) is 0 Å². The molecular formula is C19H21N5O5. The predicted molar refractivity (Wildman–Crippen MR) is 102 cm³/mol. The number of rotatable bonds is 4. The maximum Gasteiger partial charge on any atom is 0.269 e. The van der Waals surface area contributed by atoms with Gasteiger partial charge >= 0.3 is 0 Å². The third-order valence-electron chi connectivity index (χ3n) is 5.24. The van der Waals surface area contributed by atoms with Gasteiger partial charge in [-0.3, -0.25) is 19.7 Å². The summed E-state index contributed by atoms with van der Waals surface area (Å²) in [6, 6.07) is 5.94. The number of nitro benzene ring substituents is 1. The van der Waals surface area contributed by atoms with Crippen LogP contribution in [0.15, 0.2) is 36.7 Å². The van der Waals surface area contributed by atoms with E-state index in [4.69, 9.17) is 4.74 Å². The largest absolute Gasteiger partial charge is 0.368 e. The van der Waals surface area contributed by atoms with E-state index >= 15 is 0 Å². The monoisotopic (exact) mass is 399 g/mol. The average molecular weight is 399 g/mol. The highest BCUT2D eigenvalue weighted by Crippen LogP contribution is 2.18. The van der Waals surface area contributed by atoms with Crippen molar-refractivity contribution in [2.45, 2.75) is 18.9 Å². The summed E-state index contributed by atoms with van der Waals surface area (Å²) >= 11 is 0. The first-order chi connectivity index (χ1) is 14.0. The summed E-state index contributed by atoms with van der Waals surface area (Å²) in [7, 11) is 0. The standard InChI is InChI=1S/C19H21N5O5/c25-18(21-7-9-22(10-8-21)19(26)17-2-1-11-29-17)14-12-20-23(13-14)15-3-5-16(6-4-15)24(27)28/h3-6,12-13,17H,1-2,7-11H2. The van der Waals surface area contributed by atoms with Gasteiger partial charge in [0.15, 0.2) is 0 Å². The van der Waals surface area contributed by atoms with Gasteiger partial charge in [0, 0.05) is 51.1 Å². The number of nitro groups is 1. The number of nitrogens with zero attached hydrogens (tertiary/aromatic N) is 5. The quantitative estimate of drug-likeness (QED) is 0.565. The van der Waals surface area contributed by atoms with Crippen LogP contribution in [0, 0.1) is 10.1 Å². The molecule has 0 saturated carbocycles. The van der Waals surface area contributed by atoms with Crippen molar-refractivity contribution >= 4 is 17.5 Å². The predicted octanol–water partition coefficient (Wildman–Crippen LogP) is 1.24. The van der Waals surface area contributed by atoms with Crippen molar-refractivity contribution in [1.82, 2.24) is 19.6 Å². The van der Waals surface area contributed by atoms with Crippen LogP contribution in [-0.2, 0) is 9.53 Å². The van der Waals surface area contributed by atoms with Gasteiger partial charge in [-0.05, 0) is 25.0 Å². The summed E-state index contributed by atoms with van der Waals surface area (Å²) in [6.45, 7) is 2.52. The number of carbonyl (C=O) groups is 2. The normalized spacial score (nSPS) is 19.4. The van der Waals surface area contributed by atoms with Crippen LogP contribution in [0.2, 0.25) is 0 Å². The van der Waals surface area contributed by atoms with Gasteiger partial charge in [0.05, 0.1) is 22.4 Å². The Morgan fingerprint density at radius 1 is 1.10 bits per heavy atom. The number of ether oxygens (including phenoxy) is 1. The minimum Gasteiger partial charge on any atom is -0.368 e. The molecule has 10 nitrogen and oxygen atoms in total. The fourth-order valence-electron chi connectivity index (χ4n) is 3.59. The van der Waals surface area contributed by atoms with Crippen LogP contribution >= 0.6 is 0 Å². The van der Waals surface area contributed by atoms with Gasteiger partial charge in [-0.15, -0.1) is 0 Å². The molecule has 0 spiro atoms. The molecule has 29 heavy (non-hydrogen) atoms. The van der Waals surface area contributed by atoms with Gasteiger partial charge in [0.2, 0.25) is 0 Å². The zero-order chi connectivity index (χ0) is 20.4. The topological polar surface area (TPSA) is 111 Å². The van der Waals surface area contributed by atoms with Gasteiger partial charge in [-0.25, -0.2) is 4.68 Å². The Hall–Kier alpha value is -3.27. The van der Waals surface area contributed by atoms with E-state index in [1.165, 1.54) is 23.0 Å². The molecule has 2 aliphatic heterocycles. The van der Waals surface area contributed by atoms with Crippen LogP contribution in [-0.4, -0.2) is 75.2 Å². The first-order valence-corrected chi connectivity index (χ1v) is 9.52. The lowest BCUT2D eigenvalue weighted by Crippen LogP contribution is -2.52. The lowest BCUT2D eigenvalue weighted by Gasteiger charge is -2.35. The molecule has 0 N–H and O–H groups in total. The summed E-state index contributed by atoms with van der Waals surface area (Å²) in [6.07, 6.45) is 4.42. The fraction of sp³-hybridized carbons (Fsp3) is 0.421. The lowest BCUT2D eigenvalue weighted by atomic mass is 10.2. The van der Waals surface area contributed by atoms with Crippen LogP contribution in [0.3, 0.4) is 0 Å². The Morgan fingerprint density at radius 3 is 2.41 bits per heavy atom. The minimum atomic E-state index is -0.467. The molecule has 1 atom stereocenters. The van der Waals surface area contributed by atoms with Crippen LogP contribution in [0.25, 0.3) is 5.69 Å². The van der Waals surface area contributed by atoms with Crippen molar-refractivity contribution in [2.75, 3.05) is 32.8 Å². The van der Waals surface area contributed by atoms with Crippen LogP contribution in [0.1, 0.15) is 23.2 Å². The molecule has 1 aromatic heterocycles. The summed E-state index contributed by atoms with van der Waals surface area (Å²) in [4.78, 5) is 39.0. The number of benzene rings is 1. The molecule has 1 unspecified atom stereocenters. The number of amides is 2. The molecule has 2 aromatic rings. The van der Waals surface area contributed by atoms with Crippen LogP contribution < -0.4 is 0 Å². The summed E-state index contributed by atoms with van der Waals surface area (Å²) in [5, 5.41) is 14.9. The maximum absolute atomic E-state index is 12.8. The average Bonchev–Trinajstić information content (AvgIpc) is 3.45. The highest BCUT2D eigenvalue weighted by molar-refractivity contribution is 5.94. The SMILES string of the molecule is O=C(c1cnn(-c2ccc([N+](=O)[O-])cc2)c1)N1CCN(C(=O)C2CCCO2)CC1. The summed E-state index contributed by atoms with van der Waals surface area (Å²) in [5.41, 5.74) is 1.05. The minimum absolute atomic E-state index is 0.00683. The molecule has 0 radical (unpaired) electrons. The zero-order valence-electron chi connectivity index (χ0n) is 15.8. The summed E-state index contributed by atoms with van der Waals surface area (Å²) in [5.74, 6) is -0.136. The van der Waals surface area contributed by atoms with Crippen molar-refractivity contribution in [3.8, 4) is 5.69 Å². The molecular weight excluding hydrogens is 378 g/mol. The van der Waals surface area contributed by atoms with Gasteiger partial charge in [-0.2, -0.15) is 5.10 Å². The number of non-ortho nitro benzene ring substituents is 1. The highest BCUT2D eigenvalue weighted by atomic mass is 16.6. The number of piperazine rings is 1. The fourth-order valence-corrected chi connectivity index (χ4v) is 3.59. The van der Waals surface area contributed by atoms with E-state index in [-0.39, 0.29) is 23.6 Å². The van der Waals surface area contributed by atoms with E-state index in [2.05, 4.69) is 5.10 Å². The van der Waals surface area contributed by atoms with Crippen molar-refractivity contribution in [2.24, 2.45) is 0 Å². The number of hydrogen-bond acceptors (Lipinski definition) is 6. The lowest BCUT2D eigenvalue weighted by molar-refractivity contribution is -0.384. The molecule has 0 bridgehead atoms. The second-order valence-electron chi connectivity index (χ2n) is 7.07. The number of carbonyl (C=O) groups excluding carboxylic acids is 2. The molecule has 2 amide bonds. The van der Waals surface area contributed by atoms with E-state index in [1.54, 1.807) is 28.1 Å². The molecule has 1 aromatic carbocycles. The molecule has 0 aliphatic carbocycles. The Labute approximate surface area is 166 Å². The first kappa shape index (κ1) is 19.1. The molecule has 3 heterocycles. The highest BCUT2D eigenvalue weighted by Gasteiger charge is 2.31. The van der Waals surface area contributed by atoms with Crippen LogP contribution in [0.4, 0.5) is 5.69 Å². The second-order valence-corrected chi connectivity index (χ2v) is 7.07. The molecule has 4 rings (SSSR count). The van der Waals surface area contributed by atoms with E-state index in [9.17, 15) is 19.7 Å². The van der Waals surface area contributed by atoms with Crippen molar-refractivity contribution in [1.29, 1.82) is 0 Å². The van der Waals surface area contributed by atoms with Gasteiger partial charge in [0.25, 0.3) is 17.5 Å². The number of aromatic nitrogens is 2. The Bertz CT molecular complexity index is 911. The zero-order valence-corrected chi connectivity index (χ0v) is 15.8. The van der Waals surface area contributed by atoms with E-state index in [1.807, 2.05) is 0 Å². The Morgan fingerprint density at radius 2 is 1.79 bits per heavy atom. The third-order valence-corrected chi connectivity index (χ3v) is 5.24. The van der Waals surface area contributed by atoms with Crippen LogP contribution in [0.5, 0.6) is 0 Å². The third kappa shape index (κ3) is 3.97. The molecule has 2 saturated heterocycles. The van der Waals surface area contributed by atoms with E-state index in [0.29, 0.717) is 44.0 Å². The van der Waals surface area contributed by atoms with E-state index in [0.717, 1.165) is 12.8 Å². The Kier molecular flexibility index (Phi) is 5.26. The summed E-state index contributed by atoms with van der Waals surface area (Å²) < 4.78 is 6.96. The smallest absolute Gasteiger partial charge is 0.269 e. The van der Waals surface area contributed by atoms with Gasteiger partial charge in [0.1, 0.15) is 6.10 Å². The molecule has 2 fully saturated rings. The van der Waals surface area contributed by atoms with Crippen molar-refractivity contribution in [3.05, 3.63) is 52.3 Å². The molecule has 2 aliphatic rings. The Balaban J connectivity index is 1.37. The van der Waals surface area contributed by atoms with Crippen molar-refractivity contribution < 1.29 is 19.2 Å². The van der Waals surface area contributed by atoms with Crippen molar-refractivity contribution in [3.63, 3.8) is 0 Å². The maximum atomic E-state index is 12.8. The number of hydrogen-bond donors (Lipinski definition) is 0. The molecule has 10 heteroatoms. The molecule has 152 valence electrons. The van der Waals surface area contributed by atoms with Gasteiger partial charge < -0.3 is 14.5 Å². The first-order valence-electron chi connectivity index (χ1n) is 9.52.